The van der Waals surface area contributed by atoms with Gasteiger partial charge in [0.05, 0.1) is 11.9 Å². The van der Waals surface area contributed by atoms with E-state index in [1.165, 1.54) is 16.9 Å². The Morgan fingerprint density at radius 1 is 1.56 bits per heavy atom. The summed E-state index contributed by atoms with van der Waals surface area (Å²) in [6.45, 7) is 0.872. The van der Waals surface area contributed by atoms with Crippen LogP contribution in [0.4, 0.5) is 4.39 Å². The van der Waals surface area contributed by atoms with Gasteiger partial charge in [-0.15, -0.1) is 11.3 Å². The van der Waals surface area contributed by atoms with Gasteiger partial charge in [0.1, 0.15) is 5.56 Å². The number of halogens is 1. The minimum atomic E-state index is -0.998. The Bertz CT molecular complexity index is 564. The first kappa shape index (κ1) is 12.7. The highest BCUT2D eigenvalue weighted by atomic mass is 32.1. The largest absolute Gasteiger partial charge is 0.478 e. The van der Waals surface area contributed by atoms with Crippen molar-refractivity contribution < 1.29 is 14.3 Å². The highest BCUT2D eigenvalue weighted by Gasteiger charge is 2.14. The zero-order valence-electron chi connectivity index (χ0n) is 9.68. The average Bonchev–Trinajstić information content (AvgIpc) is 2.87. The summed E-state index contributed by atoms with van der Waals surface area (Å²) in [6.07, 6.45) is 1.32. The Morgan fingerprint density at radius 2 is 2.33 bits per heavy atom. The minimum absolute atomic E-state index is 0.183. The maximum absolute atomic E-state index is 12.8. The number of aromatic carboxylic acids is 1. The molecule has 0 unspecified atom stereocenters. The number of hydrogen-bond acceptors (Lipinski definition) is 4. The molecule has 0 aliphatic rings. The lowest BCUT2D eigenvalue weighted by Gasteiger charge is -2.05. The molecule has 0 radical (unpaired) electrons. The van der Waals surface area contributed by atoms with Gasteiger partial charge in [-0.3, -0.25) is 4.68 Å². The molecule has 5 nitrogen and oxygen atoms in total. The van der Waals surface area contributed by atoms with Crippen LogP contribution >= 0.6 is 11.3 Å². The smallest absolute Gasteiger partial charge is 0.339 e. The van der Waals surface area contributed by atoms with E-state index in [-0.39, 0.29) is 10.7 Å². The van der Waals surface area contributed by atoms with Crippen LogP contribution in [0.1, 0.15) is 20.9 Å². The predicted molar refractivity (Wildman–Crippen MR) is 65.0 cm³/mol. The van der Waals surface area contributed by atoms with E-state index >= 15 is 0 Å². The van der Waals surface area contributed by atoms with E-state index in [0.29, 0.717) is 18.8 Å². The molecular weight excluding hydrogens is 257 g/mol. The quantitative estimate of drug-likeness (QED) is 0.865. The summed E-state index contributed by atoms with van der Waals surface area (Å²) in [5.74, 6) is -0.998. The van der Waals surface area contributed by atoms with Crippen molar-refractivity contribution in [2.75, 3.05) is 0 Å². The molecule has 0 spiro atoms. The van der Waals surface area contributed by atoms with Crippen LogP contribution in [0.15, 0.2) is 18.3 Å². The van der Waals surface area contributed by atoms with Crippen LogP contribution in [0, 0.1) is 5.13 Å². The molecule has 0 aromatic carbocycles. The Balaban J connectivity index is 1.98. The first-order valence-electron chi connectivity index (χ1n) is 5.27. The lowest BCUT2D eigenvalue weighted by molar-refractivity contribution is 0.0695. The molecular formula is C11H12FN3O2S. The van der Waals surface area contributed by atoms with Crippen molar-refractivity contribution in [2.24, 2.45) is 7.05 Å². The summed E-state index contributed by atoms with van der Waals surface area (Å²) in [5.41, 5.74) is 0.780. The summed E-state index contributed by atoms with van der Waals surface area (Å²) < 4.78 is 14.3. The highest BCUT2D eigenvalue weighted by Crippen LogP contribution is 2.14. The van der Waals surface area contributed by atoms with Crippen LogP contribution in [0.5, 0.6) is 0 Å². The molecule has 0 saturated heterocycles. The summed E-state index contributed by atoms with van der Waals surface area (Å²) in [7, 11) is 1.69. The van der Waals surface area contributed by atoms with Crippen molar-refractivity contribution in [3.05, 3.63) is 39.6 Å². The molecule has 2 aromatic rings. The Kier molecular flexibility index (Phi) is 3.73. The summed E-state index contributed by atoms with van der Waals surface area (Å²) >= 11 is 1.07. The number of thiophene rings is 1. The highest BCUT2D eigenvalue weighted by molar-refractivity contribution is 7.10. The lowest BCUT2D eigenvalue weighted by atomic mass is 10.2. The first-order valence-corrected chi connectivity index (χ1v) is 6.08. The number of hydrogen-bond donors (Lipinski definition) is 2. The third-order valence-corrected chi connectivity index (χ3v) is 3.39. The van der Waals surface area contributed by atoms with E-state index < -0.39 is 5.97 Å². The van der Waals surface area contributed by atoms with E-state index in [0.717, 1.165) is 16.2 Å². The summed E-state index contributed by atoms with van der Waals surface area (Å²) in [4.78, 5) is 11.8. The van der Waals surface area contributed by atoms with Crippen LogP contribution in [-0.2, 0) is 20.1 Å². The van der Waals surface area contributed by atoms with Crippen molar-refractivity contribution in [1.82, 2.24) is 15.1 Å². The van der Waals surface area contributed by atoms with E-state index in [4.69, 9.17) is 5.11 Å². The van der Waals surface area contributed by atoms with Crippen molar-refractivity contribution in [3.8, 4) is 0 Å². The zero-order valence-corrected chi connectivity index (χ0v) is 10.5. The second-order valence-electron chi connectivity index (χ2n) is 3.74. The predicted octanol–water partition coefficient (Wildman–Crippen LogP) is 1.61. The maximum Gasteiger partial charge on any atom is 0.339 e. The fraction of sp³-hybridized carbons (Fsp3) is 0.273. The minimum Gasteiger partial charge on any atom is -0.478 e. The molecule has 7 heteroatoms. The van der Waals surface area contributed by atoms with Gasteiger partial charge in [-0.25, -0.2) is 4.79 Å². The van der Waals surface area contributed by atoms with Crippen molar-refractivity contribution in [3.63, 3.8) is 0 Å². The molecule has 18 heavy (non-hydrogen) atoms. The van der Waals surface area contributed by atoms with Gasteiger partial charge < -0.3 is 10.4 Å². The number of aryl methyl sites for hydroxylation is 1. The molecule has 0 amide bonds. The second kappa shape index (κ2) is 5.28. The van der Waals surface area contributed by atoms with E-state index in [1.807, 2.05) is 0 Å². The standard InChI is InChI=1S/C11H12FN3O2S/c1-15-9(8(5-14-15)11(16)17)6-13-4-7-2-3-10(12)18-7/h2-3,5,13H,4,6H2,1H3,(H,16,17). The third-order valence-electron chi connectivity index (χ3n) is 2.51. The average molecular weight is 269 g/mol. The van der Waals surface area contributed by atoms with Crippen molar-refractivity contribution in [2.45, 2.75) is 13.1 Å². The summed E-state index contributed by atoms with van der Waals surface area (Å²) in [6, 6.07) is 3.11. The van der Waals surface area contributed by atoms with Gasteiger partial charge in [-0.2, -0.15) is 9.49 Å². The molecule has 96 valence electrons. The molecule has 2 N–H and O–H groups in total. The van der Waals surface area contributed by atoms with Gasteiger partial charge in [-0.05, 0) is 12.1 Å². The number of rotatable bonds is 5. The van der Waals surface area contributed by atoms with Gasteiger partial charge >= 0.3 is 5.97 Å². The number of carboxylic acids is 1. The van der Waals surface area contributed by atoms with Crippen molar-refractivity contribution >= 4 is 17.3 Å². The second-order valence-corrected chi connectivity index (χ2v) is 4.86. The monoisotopic (exact) mass is 269 g/mol. The van der Waals surface area contributed by atoms with Crippen LogP contribution in [0.2, 0.25) is 0 Å². The number of carboxylic acid groups (broad SMARTS) is 1. The zero-order chi connectivity index (χ0) is 13.1. The molecule has 0 aliphatic carbocycles. The van der Waals surface area contributed by atoms with Crippen LogP contribution in [0.3, 0.4) is 0 Å². The number of nitrogens with zero attached hydrogens (tertiary/aromatic N) is 2. The SMILES string of the molecule is Cn1ncc(C(=O)O)c1CNCc1ccc(F)s1. The van der Waals surface area contributed by atoms with Gasteiger partial charge in [0.25, 0.3) is 0 Å². The van der Waals surface area contributed by atoms with Crippen molar-refractivity contribution in [1.29, 1.82) is 0 Å². The summed E-state index contributed by atoms with van der Waals surface area (Å²) in [5, 5.41) is 15.7. The van der Waals surface area contributed by atoms with Crippen LogP contribution in [-0.4, -0.2) is 20.9 Å². The molecule has 0 aliphatic heterocycles. The van der Waals surface area contributed by atoms with Crippen LogP contribution < -0.4 is 5.32 Å². The van der Waals surface area contributed by atoms with Gasteiger partial charge in [0.2, 0.25) is 0 Å². The Hall–Kier alpha value is -1.73. The Morgan fingerprint density at radius 3 is 2.94 bits per heavy atom. The van der Waals surface area contributed by atoms with Gasteiger partial charge in [0.15, 0.2) is 5.13 Å². The molecule has 0 bridgehead atoms. The fourth-order valence-electron chi connectivity index (χ4n) is 1.60. The van der Waals surface area contributed by atoms with E-state index in [2.05, 4.69) is 10.4 Å². The first-order chi connectivity index (χ1) is 8.58. The normalized spacial score (nSPS) is 10.8. The fourth-order valence-corrected chi connectivity index (χ4v) is 2.30. The third kappa shape index (κ3) is 2.74. The van der Waals surface area contributed by atoms with Crippen LogP contribution in [0.25, 0.3) is 0 Å². The number of aromatic nitrogens is 2. The molecule has 0 saturated carbocycles. The molecule has 0 atom stereocenters. The Labute approximate surface area is 107 Å². The van der Waals surface area contributed by atoms with Gasteiger partial charge in [-0.1, -0.05) is 0 Å². The number of carbonyl (C=O) groups is 1. The lowest BCUT2D eigenvalue weighted by Crippen LogP contribution is -2.17. The van der Waals surface area contributed by atoms with E-state index in [9.17, 15) is 9.18 Å². The molecule has 0 fully saturated rings. The molecule has 2 aromatic heterocycles. The molecule has 2 heterocycles. The topological polar surface area (TPSA) is 67.2 Å². The van der Waals surface area contributed by atoms with Gasteiger partial charge in [0, 0.05) is 25.0 Å². The van der Waals surface area contributed by atoms with E-state index in [1.54, 1.807) is 13.1 Å². The maximum atomic E-state index is 12.8. The molecule has 2 rings (SSSR count). The number of nitrogens with one attached hydrogen (secondary N) is 1.